The first-order valence-corrected chi connectivity index (χ1v) is 11.7. The smallest absolute Gasteiger partial charge is 0.419 e. The van der Waals surface area contributed by atoms with E-state index >= 15 is 0 Å². The summed E-state index contributed by atoms with van der Waals surface area (Å²) >= 11 is 0. The number of fused-ring (bicyclic) bond motifs is 1. The number of nitrogens with two attached hydrogens (primary N) is 1. The average Bonchev–Trinajstić information content (AvgIpc) is 3.55. The number of anilines is 3. The zero-order valence-electron chi connectivity index (χ0n) is 21.0. The van der Waals surface area contributed by atoms with E-state index in [4.69, 9.17) is 19.7 Å². The summed E-state index contributed by atoms with van der Waals surface area (Å²) in [6.07, 6.45) is -4.54. The monoisotopic (exact) mass is 561 g/mol. The van der Waals surface area contributed by atoms with Crippen LogP contribution >= 0.6 is 0 Å². The molecule has 3 aromatic heterocycles. The normalized spacial score (nSPS) is 17.6. The second-order valence-corrected chi connectivity index (χ2v) is 8.98. The zero-order valence-corrected chi connectivity index (χ0v) is 21.0. The van der Waals surface area contributed by atoms with Crippen molar-refractivity contribution in [2.45, 2.75) is 24.8 Å². The number of aliphatic hydroxyl groups is 1. The molecule has 13 nitrogen and oxygen atoms in total. The molecule has 0 aliphatic carbocycles. The molecule has 1 fully saturated rings. The van der Waals surface area contributed by atoms with Gasteiger partial charge in [0, 0.05) is 36.3 Å². The van der Waals surface area contributed by atoms with E-state index in [1.165, 1.54) is 31.5 Å². The Bertz CT molecular complexity index is 1600. The number of nitrogen functional groups attached to an aromatic ring is 1. The lowest BCUT2D eigenvalue weighted by atomic mass is 9.95. The lowest BCUT2D eigenvalue weighted by molar-refractivity contribution is -0.165. The van der Waals surface area contributed by atoms with Crippen molar-refractivity contribution < 1.29 is 41.9 Å². The molecule has 0 radical (unpaired) electrons. The van der Waals surface area contributed by atoms with E-state index in [1.807, 2.05) is 0 Å². The van der Waals surface area contributed by atoms with Gasteiger partial charge in [-0.15, -0.1) is 5.10 Å². The summed E-state index contributed by atoms with van der Waals surface area (Å²) in [6.45, 7) is 0.989. The first-order chi connectivity index (χ1) is 18.9. The van der Waals surface area contributed by atoms with Crippen LogP contribution in [0.5, 0.6) is 5.88 Å². The Labute approximate surface area is 223 Å². The summed E-state index contributed by atoms with van der Waals surface area (Å²) in [5, 5.41) is 21.9. The van der Waals surface area contributed by atoms with Gasteiger partial charge in [-0.3, -0.25) is 14.5 Å². The van der Waals surface area contributed by atoms with Gasteiger partial charge in [0.05, 0.1) is 36.9 Å². The molecule has 2 atom stereocenters. The quantitative estimate of drug-likeness (QED) is 0.317. The van der Waals surface area contributed by atoms with E-state index in [0.29, 0.717) is 17.2 Å². The molecule has 2 unspecified atom stereocenters. The van der Waals surface area contributed by atoms with Crippen LogP contribution in [-0.2, 0) is 20.5 Å². The van der Waals surface area contributed by atoms with Gasteiger partial charge in [0.15, 0.2) is 28.9 Å². The Morgan fingerprint density at radius 3 is 2.77 bits per heavy atom. The molecular formula is C24H22F3N7O6. The van der Waals surface area contributed by atoms with Crippen molar-refractivity contribution in [3.05, 3.63) is 48.3 Å². The number of amides is 2. The fourth-order valence-corrected chi connectivity index (χ4v) is 4.16. The Balaban J connectivity index is 1.38. The van der Waals surface area contributed by atoms with E-state index in [9.17, 15) is 27.9 Å². The summed E-state index contributed by atoms with van der Waals surface area (Å²) in [5.41, 5.74) is 2.42. The van der Waals surface area contributed by atoms with Crippen LogP contribution < -0.4 is 20.7 Å². The molecule has 4 heterocycles. The highest BCUT2D eigenvalue weighted by atomic mass is 19.4. The maximum atomic E-state index is 13.6. The molecule has 0 bridgehead atoms. The van der Waals surface area contributed by atoms with Crippen LogP contribution in [0.3, 0.4) is 0 Å². The van der Waals surface area contributed by atoms with Crippen molar-refractivity contribution in [2.75, 3.05) is 36.2 Å². The number of methoxy groups -OCH3 is 1. The highest BCUT2D eigenvalue weighted by Gasteiger charge is 2.49. The minimum absolute atomic E-state index is 0.0215. The van der Waals surface area contributed by atoms with Crippen molar-refractivity contribution in [2.24, 2.45) is 0 Å². The number of hydrogen-bond donors (Lipinski definition) is 3. The second kappa shape index (κ2) is 9.80. The summed E-state index contributed by atoms with van der Waals surface area (Å²) in [4.78, 5) is 31.1. The van der Waals surface area contributed by atoms with Crippen LogP contribution in [0.1, 0.15) is 12.5 Å². The van der Waals surface area contributed by atoms with Gasteiger partial charge in [0.1, 0.15) is 0 Å². The predicted octanol–water partition coefficient (Wildman–Crippen LogP) is 2.14. The van der Waals surface area contributed by atoms with Crippen molar-refractivity contribution in [1.82, 2.24) is 19.9 Å². The van der Waals surface area contributed by atoms with Crippen molar-refractivity contribution >= 4 is 40.1 Å². The van der Waals surface area contributed by atoms with Gasteiger partial charge in [-0.2, -0.15) is 13.2 Å². The molecule has 0 spiro atoms. The largest absolute Gasteiger partial charge is 0.481 e. The van der Waals surface area contributed by atoms with Crippen LogP contribution in [0.15, 0.2) is 47.2 Å². The minimum atomic E-state index is -4.74. The Hall–Kier alpha value is -4.70. The number of benzene rings is 1. The molecular weight excluding hydrogens is 539 g/mol. The summed E-state index contributed by atoms with van der Waals surface area (Å²) in [6, 6.07) is 6.89. The highest BCUT2D eigenvalue weighted by Crippen LogP contribution is 2.35. The predicted molar refractivity (Wildman–Crippen MR) is 133 cm³/mol. The number of pyridine rings is 1. The SMILES string of the molecule is COc1cc(-n2ccc(N3CCOC(C(C)(O)C(=O)Nc4ccc5c(N)noc5c4)C3=O)n2)c(C(F)(F)F)cn1. The number of rotatable bonds is 6. The third kappa shape index (κ3) is 4.77. The van der Waals surface area contributed by atoms with Gasteiger partial charge in [-0.25, -0.2) is 9.67 Å². The van der Waals surface area contributed by atoms with E-state index < -0.39 is 35.3 Å². The van der Waals surface area contributed by atoms with Crippen molar-refractivity contribution in [3.63, 3.8) is 0 Å². The Morgan fingerprint density at radius 1 is 1.27 bits per heavy atom. The molecule has 4 N–H and O–H groups in total. The van der Waals surface area contributed by atoms with Gasteiger partial charge in [-0.05, 0) is 19.1 Å². The van der Waals surface area contributed by atoms with Crippen LogP contribution in [0.4, 0.5) is 30.5 Å². The number of carbonyl (C=O) groups is 2. The van der Waals surface area contributed by atoms with E-state index in [-0.39, 0.29) is 42.0 Å². The number of carbonyl (C=O) groups excluding carboxylic acids is 2. The number of hydrogen-bond acceptors (Lipinski definition) is 10. The van der Waals surface area contributed by atoms with Gasteiger partial charge in [-0.1, -0.05) is 5.16 Å². The third-order valence-electron chi connectivity index (χ3n) is 6.29. The molecule has 2 amide bonds. The number of halogens is 3. The first kappa shape index (κ1) is 26.9. The molecule has 1 aliphatic heterocycles. The molecule has 1 saturated heterocycles. The molecule has 5 rings (SSSR count). The zero-order chi connectivity index (χ0) is 28.8. The first-order valence-electron chi connectivity index (χ1n) is 11.7. The molecule has 4 aromatic rings. The van der Waals surface area contributed by atoms with Gasteiger partial charge >= 0.3 is 6.18 Å². The number of aromatic nitrogens is 4. The lowest BCUT2D eigenvalue weighted by Gasteiger charge is -2.37. The fourth-order valence-electron chi connectivity index (χ4n) is 4.16. The standard InChI is InChI=1S/C24H22F3N7O6/c1-23(37,22(36)30-12-3-4-13-16(9-12)40-32-20(13)28)19-21(35)33(7-8-39-19)17-5-6-34(31-17)15-10-18(38-2)29-11-14(15)24(25,26)27/h3-6,9-11,19,37H,7-8H2,1-2H3,(H2,28,32)(H,30,36). The topological polar surface area (TPSA) is 171 Å². The molecule has 1 aliphatic rings. The number of morpholine rings is 1. The van der Waals surface area contributed by atoms with Crippen LogP contribution in [-0.4, -0.2) is 68.8 Å². The third-order valence-corrected chi connectivity index (χ3v) is 6.29. The fraction of sp³-hybridized carbons (Fsp3) is 0.292. The lowest BCUT2D eigenvalue weighted by Crippen LogP contribution is -2.61. The van der Waals surface area contributed by atoms with Crippen molar-refractivity contribution in [3.8, 4) is 11.6 Å². The Morgan fingerprint density at radius 2 is 2.05 bits per heavy atom. The molecule has 0 saturated carbocycles. The summed E-state index contributed by atoms with van der Waals surface area (Å²) < 4.78 is 57.2. The maximum absolute atomic E-state index is 13.6. The van der Waals surface area contributed by atoms with Crippen LogP contribution in [0.25, 0.3) is 16.7 Å². The maximum Gasteiger partial charge on any atom is 0.419 e. The molecule has 1 aromatic carbocycles. The van der Waals surface area contributed by atoms with Crippen LogP contribution in [0, 0.1) is 0 Å². The van der Waals surface area contributed by atoms with E-state index in [0.717, 1.165) is 22.6 Å². The molecule has 16 heteroatoms. The van der Waals surface area contributed by atoms with E-state index in [1.54, 1.807) is 6.07 Å². The van der Waals surface area contributed by atoms with Crippen molar-refractivity contribution in [1.29, 1.82) is 0 Å². The highest BCUT2D eigenvalue weighted by molar-refractivity contribution is 6.06. The average molecular weight is 561 g/mol. The number of alkyl halides is 3. The molecule has 40 heavy (non-hydrogen) atoms. The van der Waals surface area contributed by atoms with E-state index in [2.05, 4.69) is 20.6 Å². The summed E-state index contributed by atoms with van der Waals surface area (Å²) in [5.74, 6) is -1.70. The second-order valence-electron chi connectivity index (χ2n) is 8.98. The summed E-state index contributed by atoms with van der Waals surface area (Å²) in [7, 11) is 1.25. The number of nitrogens with zero attached hydrogens (tertiary/aromatic N) is 5. The van der Waals surface area contributed by atoms with Crippen LogP contribution in [0.2, 0.25) is 0 Å². The van der Waals surface area contributed by atoms with Gasteiger partial charge in [0.25, 0.3) is 11.8 Å². The van der Waals surface area contributed by atoms with Gasteiger partial charge in [0.2, 0.25) is 5.88 Å². The number of ether oxygens (including phenoxy) is 2. The minimum Gasteiger partial charge on any atom is -0.481 e. The number of nitrogens with one attached hydrogen (secondary N) is 1. The Kier molecular flexibility index (Phi) is 6.59. The molecule has 210 valence electrons. The van der Waals surface area contributed by atoms with Gasteiger partial charge < -0.3 is 30.2 Å².